The Labute approximate surface area is 87.8 Å². The smallest absolute Gasteiger partial charge is 0.0618 e. The molecule has 1 heterocycles. The molecule has 1 N–H and O–H groups in total. The average molecular weight is 200 g/mol. The molecule has 1 saturated heterocycles. The predicted octanol–water partition coefficient (Wildman–Crippen LogP) is 1.10. The Hall–Kier alpha value is -0.120. The van der Waals surface area contributed by atoms with Gasteiger partial charge in [-0.15, -0.1) is 0 Å². The molecule has 0 aromatic carbocycles. The number of hydrogen-bond donors (Lipinski definition) is 1. The Morgan fingerprint density at radius 1 is 1.50 bits per heavy atom. The maximum atomic E-state index is 5.45. The normalized spacial score (nSPS) is 27.2. The maximum Gasteiger partial charge on any atom is 0.0618 e. The SMILES string of the molecule is CCOCC(C)N1CCNC(C)CC1. The first-order valence-electron chi connectivity index (χ1n) is 5.79. The van der Waals surface area contributed by atoms with Crippen molar-refractivity contribution in [3.8, 4) is 0 Å². The van der Waals surface area contributed by atoms with E-state index in [-0.39, 0.29) is 0 Å². The van der Waals surface area contributed by atoms with Gasteiger partial charge in [-0.25, -0.2) is 0 Å². The predicted molar refractivity (Wildman–Crippen MR) is 59.6 cm³/mol. The van der Waals surface area contributed by atoms with Crippen LogP contribution in [0.15, 0.2) is 0 Å². The molecule has 1 fully saturated rings. The molecular formula is C11H24N2O. The van der Waals surface area contributed by atoms with Crippen LogP contribution in [-0.4, -0.2) is 49.8 Å². The van der Waals surface area contributed by atoms with Gasteiger partial charge in [-0.2, -0.15) is 0 Å². The largest absolute Gasteiger partial charge is 0.380 e. The van der Waals surface area contributed by atoms with Crippen molar-refractivity contribution in [2.45, 2.75) is 39.3 Å². The van der Waals surface area contributed by atoms with E-state index in [1.807, 2.05) is 0 Å². The lowest BCUT2D eigenvalue weighted by Crippen LogP contribution is -2.38. The first-order chi connectivity index (χ1) is 6.74. The third-order valence-electron chi connectivity index (χ3n) is 2.93. The van der Waals surface area contributed by atoms with Crippen LogP contribution in [-0.2, 0) is 4.74 Å². The van der Waals surface area contributed by atoms with E-state index < -0.39 is 0 Å². The van der Waals surface area contributed by atoms with Gasteiger partial charge in [0.05, 0.1) is 6.61 Å². The highest BCUT2D eigenvalue weighted by Crippen LogP contribution is 2.06. The Balaban J connectivity index is 2.27. The van der Waals surface area contributed by atoms with E-state index in [2.05, 4.69) is 31.0 Å². The zero-order valence-corrected chi connectivity index (χ0v) is 9.75. The lowest BCUT2D eigenvalue weighted by molar-refractivity contribution is 0.0762. The third kappa shape index (κ3) is 3.95. The van der Waals surface area contributed by atoms with Crippen LogP contribution in [0.1, 0.15) is 27.2 Å². The van der Waals surface area contributed by atoms with Gasteiger partial charge in [-0.05, 0) is 27.2 Å². The second-order valence-corrected chi connectivity index (χ2v) is 4.19. The topological polar surface area (TPSA) is 24.5 Å². The van der Waals surface area contributed by atoms with Crippen molar-refractivity contribution >= 4 is 0 Å². The number of rotatable bonds is 4. The van der Waals surface area contributed by atoms with Crippen molar-refractivity contribution in [3.05, 3.63) is 0 Å². The van der Waals surface area contributed by atoms with Crippen LogP contribution < -0.4 is 5.32 Å². The summed E-state index contributed by atoms with van der Waals surface area (Å²) in [6.45, 7) is 11.7. The molecule has 84 valence electrons. The molecule has 2 atom stereocenters. The van der Waals surface area contributed by atoms with Crippen molar-refractivity contribution in [2.75, 3.05) is 32.8 Å². The summed E-state index contributed by atoms with van der Waals surface area (Å²) in [4.78, 5) is 2.52. The number of ether oxygens (including phenoxy) is 1. The molecule has 1 aliphatic rings. The summed E-state index contributed by atoms with van der Waals surface area (Å²) in [5.74, 6) is 0. The van der Waals surface area contributed by atoms with Gasteiger partial charge in [0, 0.05) is 38.3 Å². The summed E-state index contributed by atoms with van der Waals surface area (Å²) in [6.07, 6.45) is 1.25. The lowest BCUT2D eigenvalue weighted by atomic mass is 10.2. The minimum atomic E-state index is 0.557. The van der Waals surface area contributed by atoms with Crippen molar-refractivity contribution in [1.29, 1.82) is 0 Å². The Morgan fingerprint density at radius 2 is 2.29 bits per heavy atom. The van der Waals surface area contributed by atoms with E-state index in [1.165, 1.54) is 13.0 Å². The van der Waals surface area contributed by atoms with E-state index in [1.54, 1.807) is 0 Å². The highest BCUT2D eigenvalue weighted by molar-refractivity contribution is 4.75. The first kappa shape index (κ1) is 12.0. The van der Waals surface area contributed by atoms with Crippen LogP contribution in [0.5, 0.6) is 0 Å². The summed E-state index contributed by atoms with van der Waals surface area (Å²) >= 11 is 0. The van der Waals surface area contributed by atoms with Gasteiger partial charge < -0.3 is 10.1 Å². The highest BCUT2D eigenvalue weighted by Gasteiger charge is 2.17. The molecule has 1 rings (SSSR count). The van der Waals surface area contributed by atoms with Crippen LogP contribution >= 0.6 is 0 Å². The fourth-order valence-corrected chi connectivity index (χ4v) is 1.86. The number of nitrogens with one attached hydrogen (secondary N) is 1. The number of hydrogen-bond acceptors (Lipinski definition) is 3. The molecule has 0 aromatic heterocycles. The minimum Gasteiger partial charge on any atom is -0.380 e. The van der Waals surface area contributed by atoms with Gasteiger partial charge in [0.2, 0.25) is 0 Å². The average Bonchev–Trinajstić information content (AvgIpc) is 2.39. The molecule has 0 saturated carbocycles. The molecule has 2 unspecified atom stereocenters. The van der Waals surface area contributed by atoms with Gasteiger partial charge in [0.25, 0.3) is 0 Å². The van der Waals surface area contributed by atoms with Crippen LogP contribution in [0, 0.1) is 0 Å². The van der Waals surface area contributed by atoms with Gasteiger partial charge in [0.15, 0.2) is 0 Å². The van der Waals surface area contributed by atoms with E-state index in [4.69, 9.17) is 4.74 Å². The second kappa shape index (κ2) is 6.38. The Kier molecular flexibility index (Phi) is 5.45. The van der Waals surface area contributed by atoms with Gasteiger partial charge >= 0.3 is 0 Å². The molecule has 3 heteroatoms. The molecular weight excluding hydrogens is 176 g/mol. The third-order valence-corrected chi connectivity index (χ3v) is 2.93. The van der Waals surface area contributed by atoms with E-state index in [9.17, 15) is 0 Å². The molecule has 3 nitrogen and oxygen atoms in total. The van der Waals surface area contributed by atoms with Crippen LogP contribution in [0.4, 0.5) is 0 Å². The minimum absolute atomic E-state index is 0.557. The van der Waals surface area contributed by atoms with E-state index in [0.29, 0.717) is 12.1 Å². The number of nitrogens with zero attached hydrogens (tertiary/aromatic N) is 1. The molecule has 0 aliphatic carbocycles. The van der Waals surface area contributed by atoms with Crippen molar-refractivity contribution in [3.63, 3.8) is 0 Å². The molecule has 0 bridgehead atoms. The Morgan fingerprint density at radius 3 is 3.00 bits per heavy atom. The lowest BCUT2D eigenvalue weighted by Gasteiger charge is -2.26. The summed E-state index contributed by atoms with van der Waals surface area (Å²) in [5, 5.41) is 3.50. The fourth-order valence-electron chi connectivity index (χ4n) is 1.86. The van der Waals surface area contributed by atoms with Gasteiger partial charge in [-0.3, -0.25) is 4.90 Å². The van der Waals surface area contributed by atoms with Gasteiger partial charge in [0.1, 0.15) is 0 Å². The summed E-state index contributed by atoms with van der Waals surface area (Å²) in [7, 11) is 0. The first-order valence-corrected chi connectivity index (χ1v) is 5.79. The molecule has 0 radical (unpaired) electrons. The fraction of sp³-hybridized carbons (Fsp3) is 1.00. The van der Waals surface area contributed by atoms with Crippen LogP contribution in [0.25, 0.3) is 0 Å². The zero-order chi connectivity index (χ0) is 10.4. The molecule has 0 spiro atoms. The zero-order valence-electron chi connectivity index (χ0n) is 9.75. The van der Waals surface area contributed by atoms with Crippen molar-refractivity contribution < 1.29 is 4.74 Å². The maximum absolute atomic E-state index is 5.45. The van der Waals surface area contributed by atoms with Crippen LogP contribution in [0.2, 0.25) is 0 Å². The molecule has 0 aromatic rings. The summed E-state index contributed by atoms with van der Waals surface area (Å²) < 4.78 is 5.45. The van der Waals surface area contributed by atoms with E-state index >= 15 is 0 Å². The molecule has 0 amide bonds. The standard InChI is InChI=1S/C11H24N2O/c1-4-14-9-11(3)13-7-5-10(2)12-6-8-13/h10-12H,4-9H2,1-3H3. The van der Waals surface area contributed by atoms with Gasteiger partial charge in [-0.1, -0.05) is 0 Å². The van der Waals surface area contributed by atoms with Crippen molar-refractivity contribution in [2.24, 2.45) is 0 Å². The Bertz CT molecular complexity index is 152. The van der Waals surface area contributed by atoms with Crippen LogP contribution in [0.3, 0.4) is 0 Å². The summed E-state index contributed by atoms with van der Waals surface area (Å²) in [5.41, 5.74) is 0. The quantitative estimate of drug-likeness (QED) is 0.735. The monoisotopic (exact) mass is 200 g/mol. The highest BCUT2D eigenvalue weighted by atomic mass is 16.5. The summed E-state index contributed by atoms with van der Waals surface area (Å²) in [6, 6.07) is 1.22. The van der Waals surface area contributed by atoms with E-state index in [0.717, 1.165) is 26.3 Å². The molecule has 14 heavy (non-hydrogen) atoms. The second-order valence-electron chi connectivity index (χ2n) is 4.19. The molecule has 1 aliphatic heterocycles. The van der Waals surface area contributed by atoms with Crippen molar-refractivity contribution in [1.82, 2.24) is 10.2 Å².